The first-order chi connectivity index (χ1) is 7.32. The van der Waals surface area contributed by atoms with Crippen molar-refractivity contribution in [2.75, 3.05) is 14.2 Å². The fourth-order valence-electron chi connectivity index (χ4n) is 1.56. The van der Waals surface area contributed by atoms with Crippen LogP contribution < -0.4 is 0 Å². The molecule has 2 atom stereocenters. The summed E-state index contributed by atoms with van der Waals surface area (Å²) in [4.78, 5) is 24.2. The molecule has 0 aromatic heterocycles. The molecular weight excluding hydrogens is 214 g/mol. The van der Waals surface area contributed by atoms with Crippen molar-refractivity contribution < 1.29 is 23.8 Å². The summed E-state index contributed by atoms with van der Waals surface area (Å²) in [5.74, 6) is -0.576. The number of hydrogen-bond acceptors (Lipinski definition) is 5. The van der Waals surface area contributed by atoms with Gasteiger partial charge in [-0.05, 0) is 0 Å². The van der Waals surface area contributed by atoms with Gasteiger partial charge in [0.1, 0.15) is 0 Å². The van der Waals surface area contributed by atoms with Gasteiger partial charge in [0.15, 0.2) is 6.23 Å². The molecule has 1 amide bonds. The van der Waals surface area contributed by atoms with Gasteiger partial charge >= 0.3 is 12.1 Å². The number of carbonyl (C=O) groups excluding carboxylic acids is 2. The van der Waals surface area contributed by atoms with Gasteiger partial charge in [-0.25, -0.2) is 14.5 Å². The Hall–Kier alpha value is -1.30. The van der Waals surface area contributed by atoms with Crippen molar-refractivity contribution in [3.8, 4) is 0 Å². The fraction of sp³-hybridized carbons (Fsp3) is 0.800. The molecule has 1 fully saturated rings. The average molecular weight is 231 g/mol. The molecule has 6 heteroatoms. The maximum atomic E-state index is 11.6. The molecule has 0 unspecified atom stereocenters. The Labute approximate surface area is 94.4 Å². The number of amides is 1. The number of cyclic esters (lactones) is 1. The summed E-state index contributed by atoms with van der Waals surface area (Å²) in [5, 5.41) is 0. The Morgan fingerprint density at radius 1 is 1.38 bits per heavy atom. The summed E-state index contributed by atoms with van der Waals surface area (Å²) in [6.07, 6.45) is -2.35. The van der Waals surface area contributed by atoms with E-state index >= 15 is 0 Å². The molecule has 0 aromatic carbocycles. The van der Waals surface area contributed by atoms with Crippen LogP contribution in [0.15, 0.2) is 0 Å². The van der Waals surface area contributed by atoms with E-state index in [4.69, 9.17) is 9.47 Å². The Bertz CT molecular complexity index is 296. The van der Waals surface area contributed by atoms with Gasteiger partial charge in [0, 0.05) is 12.5 Å². The van der Waals surface area contributed by atoms with Crippen molar-refractivity contribution in [3.05, 3.63) is 0 Å². The zero-order valence-corrected chi connectivity index (χ0v) is 10.1. The van der Waals surface area contributed by atoms with Crippen LogP contribution in [0, 0.1) is 5.41 Å². The van der Waals surface area contributed by atoms with Crippen molar-refractivity contribution in [2.24, 2.45) is 5.41 Å². The molecule has 16 heavy (non-hydrogen) atoms. The third-order valence-electron chi connectivity index (χ3n) is 2.28. The lowest BCUT2D eigenvalue weighted by Crippen LogP contribution is -2.48. The lowest BCUT2D eigenvalue weighted by Gasteiger charge is -2.32. The standard InChI is InChI=1S/C10H17NO5/c1-10(2,3)8-11(9(13)15-5)6(14-4)7(12)16-8/h6,8H,1-5H3/t6-,8-/m1/s1. The highest BCUT2D eigenvalue weighted by Gasteiger charge is 2.51. The molecule has 0 radical (unpaired) electrons. The largest absolute Gasteiger partial charge is 0.453 e. The third kappa shape index (κ3) is 2.11. The maximum Gasteiger partial charge on any atom is 0.415 e. The van der Waals surface area contributed by atoms with Crippen LogP contribution in [0.3, 0.4) is 0 Å². The quantitative estimate of drug-likeness (QED) is 0.629. The van der Waals surface area contributed by atoms with E-state index in [0.29, 0.717) is 0 Å². The summed E-state index contributed by atoms with van der Waals surface area (Å²) in [6.45, 7) is 5.58. The summed E-state index contributed by atoms with van der Waals surface area (Å²) >= 11 is 0. The van der Waals surface area contributed by atoms with Crippen molar-refractivity contribution >= 4 is 12.1 Å². The number of methoxy groups -OCH3 is 2. The molecule has 0 aliphatic carbocycles. The van der Waals surface area contributed by atoms with E-state index in [1.165, 1.54) is 19.1 Å². The smallest absolute Gasteiger partial charge is 0.415 e. The van der Waals surface area contributed by atoms with Crippen LogP contribution in [-0.2, 0) is 19.0 Å². The molecule has 1 aliphatic heterocycles. The highest BCUT2D eigenvalue weighted by atomic mass is 16.6. The van der Waals surface area contributed by atoms with Gasteiger partial charge in [-0.1, -0.05) is 20.8 Å². The molecule has 1 saturated heterocycles. The zero-order valence-electron chi connectivity index (χ0n) is 10.1. The van der Waals surface area contributed by atoms with Crippen LogP contribution in [0.4, 0.5) is 4.79 Å². The van der Waals surface area contributed by atoms with E-state index in [-0.39, 0.29) is 0 Å². The predicted molar refractivity (Wildman–Crippen MR) is 54.4 cm³/mol. The van der Waals surface area contributed by atoms with Gasteiger partial charge in [-0.2, -0.15) is 0 Å². The molecule has 1 rings (SSSR count). The molecule has 6 nitrogen and oxygen atoms in total. The Kier molecular flexibility index (Phi) is 3.42. The zero-order chi connectivity index (χ0) is 12.5. The molecule has 0 saturated carbocycles. The molecule has 92 valence electrons. The fourth-order valence-corrected chi connectivity index (χ4v) is 1.56. The molecule has 1 aliphatic rings. The monoisotopic (exact) mass is 231 g/mol. The number of carbonyl (C=O) groups is 2. The lowest BCUT2D eigenvalue weighted by molar-refractivity contribution is -0.151. The summed E-state index contributed by atoms with van der Waals surface area (Å²) < 4.78 is 14.7. The first-order valence-corrected chi connectivity index (χ1v) is 4.92. The molecule has 0 bridgehead atoms. The third-order valence-corrected chi connectivity index (χ3v) is 2.28. The Balaban J connectivity index is 3.02. The van der Waals surface area contributed by atoms with E-state index in [1.54, 1.807) is 0 Å². The molecule has 0 aromatic rings. The van der Waals surface area contributed by atoms with Gasteiger partial charge in [0.2, 0.25) is 6.23 Å². The van der Waals surface area contributed by atoms with E-state index < -0.39 is 29.9 Å². The number of hydrogen-bond donors (Lipinski definition) is 0. The summed E-state index contributed by atoms with van der Waals surface area (Å²) in [6, 6.07) is 0. The first-order valence-electron chi connectivity index (χ1n) is 4.92. The summed E-state index contributed by atoms with van der Waals surface area (Å²) in [5.41, 5.74) is -0.406. The first kappa shape index (κ1) is 12.8. The van der Waals surface area contributed by atoms with Crippen molar-refractivity contribution in [1.29, 1.82) is 0 Å². The number of ether oxygens (including phenoxy) is 3. The van der Waals surface area contributed by atoms with E-state index in [9.17, 15) is 9.59 Å². The SMILES string of the molecule is COC(=O)N1[C@H](OC)C(=O)O[C@@H]1C(C)(C)C. The molecule has 1 heterocycles. The van der Waals surface area contributed by atoms with Gasteiger partial charge in [0.05, 0.1) is 7.11 Å². The minimum Gasteiger partial charge on any atom is -0.453 e. The normalized spacial score (nSPS) is 25.6. The van der Waals surface area contributed by atoms with Gasteiger partial charge in [-0.15, -0.1) is 0 Å². The average Bonchev–Trinajstić information content (AvgIpc) is 2.53. The van der Waals surface area contributed by atoms with Crippen LogP contribution in [0.25, 0.3) is 0 Å². The molecule has 0 N–H and O–H groups in total. The highest BCUT2D eigenvalue weighted by molar-refractivity contribution is 5.83. The van der Waals surface area contributed by atoms with Crippen molar-refractivity contribution in [2.45, 2.75) is 33.2 Å². The minimum atomic E-state index is -1.03. The van der Waals surface area contributed by atoms with Gasteiger partial charge < -0.3 is 14.2 Å². The topological polar surface area (TPSA) is 65.1 Å². The number of nitrogens with zero attached hydrogens (tertiary/aromatic N) is 1. The lowest BCUT2D eigenvalue weighted by atomic mass is 9.94. The van der Waals surface area contributed by atoms with E-state index in [1.807, 2.05) is 20.8 Å². The highest BCUT2D eigenvalue weighted by Crippen LogP contribution is 2.32. The predicted octanol–water partition coefficient (Wildman–Crippen LogP) is 0.956. The van der Waals surface area contributed by atoms with Gasteiger partial charge in [-0.3, -0.25) is 0 Å². The number of rotatable bonds is 1. The second kappa shape index (κ2) is 4.29. The van der Waals surface area contributed by atoms with E-state index in [2.05, 4.69) is 4.74 Å². The van der Waals surface area contributed by atoms with Crippen molar-refractivity contribution in [1.82, 2.24) is 4.90 Å². The van der Waals surface area contributed by atoms with Crippen LogP contribution in [0.5, 0.6) is 0 Å². The van der Waals surface area contributed by atoms with Gasteiger partial charge in [0.25, 0.3) is 0 Å². The minimum absolute atomic E-state index is 0.406. The summed E-state index contributed by atoms with van der Waals surface area (Å²) in [7, 11) is 2.59. The van der Waals surface area contributed by atoms with Crippen LogP contribution in [0.2, 0.25) is 0 Å². The van der Waals surface area contributed by atoms with Crippen LogP contribution in [0.1, 0.15) is 20.8 Å². The maximum absolute atomic E-state index is 11.6. The van der Waals surface area contributed by atoms with Crippen molar-refractivity contribution in [3.63, 3.8) is 0 Å². The Morgan fingerprint density at radius 2 is 1.94 bits per heavy atom. The molecule has 0 spiro atoms. The molecular formula is C10H17NO5. The second-order valence-electron chi connectivity index (χ2n) is 4.62. The van der Waals surface area contributed by atoms with Crippen LogP contribution in [-0.4, -0.2) is 43.6 Å². The van der Waals surface area contributed by atoms with Crippen LogP contribution >= 0.6 is 0 Å². The Morgan fingerprint density at radius 3 is 2.31 bits per heavy atom. The van der Waals surface area contributed by atoms with E-state index in [0.717, 1.165) is 0 Å². The number of esters is 1. The second-order valence-corrected chi connectivity index (χ2v) is 4.62.